The van der Waals surface area contributed by atoms with Crippen LogP contribution in [0.1, 0.15) is 60.3 Å². The van der Waals surface area contributed by atoms with Crippen molar-refractivity contribution in [2.75, 3.05) is 27.4 Å². The molecule has 0 amide bonds. The molecular weight excluding hydrogens is 520 g/mol. The molecule has 218 valence electrons. The molecule has 0 radical (unpaired) electrons. The zero-order valence-electron chi connectivity index (χ0n) is 24.6. The van der Waals surface area contributed by atoms with Crippen LogP contribution >= 0.6 is 0 Å². The molecule has 41 heavy (non-hydrogen) atoms. The van der Waals surface area contributed by atoms with Gasteiger partial charge in [-0.2, -0.15) is 0 Å². The monoisotopic (exact) mass is 560 g/mol. The number of hydrogen-bond acceptors (Lipinski definition) is 8. The van der Waals surface area contributed by atoms with E-state index in [0.29, 0.717) is 36.7 Å². The van der Waals surface area contributed by atoms with Crippen molar-refractivity contribution in [2.24, 2.45) is 0 Å². The fourth-order valence-electron chi connectivity index (χ4n) is 5.68. The lowest BCUT2D eigenvalue weighted by atomic mass is 10.0. The number of fused-ring (bicyclic) bond motifs is 1. The first kappa shape index (κ1) is 28.8. The lowest BCUT2D eigenvalue weighted by Gasteiger charge is -2.30. The van der Waals surface area contributed by atoms with Gasteiger partial charge in [0.2, 0.25) is 0 Å². The van der Waals surface area contributed by atoms with Crippen LogP contribution in [0.15, 0.2) is 41.2 Å². The predicted octanol–water partition coefficient (Wildman–Crippen LogP) is 4.52. The van der Waals surface area contributed by atoms with Crippen molar-refractivity contribution in [1.29, 1.82) is 0 Å². The summed E-state index contributed by atoms with van der Waals surface area (Å²) in [5, 5.41) is 13.9. The van der Waals surface area contributed by atoms with E-state index in [1.54, 1.807) is 14.2 Å². The maximum atomic E-state index is 13.3. The molecular formula is C31H40N6O4. The summed E-state index contributed by atoms with van der Waals surface area (Å²) < 4.78 is 18.7. The van der Waals surface area contributed by atoms with Crippen LogP contribution < -0.4 is 15.0 Å². The Hall–Kier alpha value is -3.76. The topological polar surface area (TPSA) is 107 Å². The fraction of sp³-hybridized carbons (Fsp3) is 0.484. The minimum absolute atomic E-state index is 0.0781. The van der Waals surface area contributed by atoms with Gasteiger partial charge in [-0.05, 0) is 102 Å². The molecule has 0 spiro atoms. The Morgan fingerprint density at radius 3 is 2.66 bits per heavy atom. The molecule has 1 saturated heterocycles. The number of methoxy groups -OCH3 is 2. The van der Waals surface area contributed by atoms with E-state index in [-0.39, 0.29) is 17.7 Å². The SMILES string of the molecule is CC[C@@H](c1nnnn1C[C@H]1CCCO1)N(CCc1ccc(OC)c(OC)c1)Cc1cc2cc(C)c(C)cc2[nH]c1=O. The number of aromatic amines is 1. The van der Waals surface area contributed by atoms with Gasteiger partial charge in [-0.15, -0.1) is 5.10 Å². The quantitative estimate of drug-likeness (QED) is 0.270. The van der Waals surface area contributed by atoms with Crippen LogP contribution in [0.2, 0.25) is 0 Å². The van der Waals surface area contributed by atoms with Crippen LogP contribution in [0.25, 0.3) is 10.9 Å². The third kappa shape index (κ3) is 6.44. The van der Waals surface area contributed by atoms with E-state index in [9.17, 15) is 4.79 Å². The Morgan fingerprint density at radius 1 is 1.12 bits per heavy atom. The number of pyridine rings is 1. The standard InChI is InChI=1S/C31H40N6O4/c1-6-27(30-33-34-35-37(30)19-25-8-7-13-41-25)36(12-11-22-9-10-28(39-4)29(16-22)40-5)18-24-17-23-14-20(2)21(3)15-26(23)32-31(24)38/h9-10,14-17,25,27H,6-8,11-13,18-19H2,1-5H3,(H,32,38)/t25-,27+/m1/s1. The second-order valence-corrected chi connectivity index (χ2v) is 10.8. The van der Waals surface area contributed by atoms with Gasteiger partial charge in [-0.25, -0.2) is 4.68 Å². The molecule has 0 unspecified atom stereocenters. The Morgan fingerprint density at radius 2 is 1.93 bits per heavy atom. The van der Waals surface area contributed by atoms with Gasteiger partial charge in [-0.1, -0.05) is 13.0 Å². The average molecular weight is 561 g/mol. The van der Waals surface area contributed by atoms with E-state index >= 15 is 0 Å². The lowest BCUT2D eigenvalue weighted by molar-refractivity contribution is 0.0893. The molecule has 3 heterocycles. The summed E-state index contributed by atoms with van der Waals surface area (Å²) in [5.41, 5.74) is 4.95. The predicted molar refractivity (Wildman–Crippen MR) is 158 cm³/mol. The van der Waals surface area contributed by atoms with Crippen molar-refractivity contribution >= 4 is 10.9 Å². The maximum absolute atomic E-state index is 13.3. The van der Waals surface area contributed by atoms with E-state index in [4.69, 9.17) is 14.2 Å². The van der Waals surface area contributed by atoms with Gasteiger partial charge in [0.15, 0.2) is 17.3 Å². The molecule has 2 aromatic heterocycles. The Balaban J connectivity index is 1.48. The number of benzene rings is 2. The summed E-state index contributed by atoms with van der Waals surface area (Å²) in [6.45, 7) is 8.83. The number of aromatic nitrogens is 5. The van der Waals surface area contributed by atoms with Crippen molar-refractivity contribution in [2.45, 2.75) is 71.7 Å². The van der Waals surface area contributed by atoms with Crippen molar-refractivity contribution in [3.8, 4) is 11.5 Å². The number of nitrogens with zero attached hydrogens (tertiary/aromatic N) is 5. The van der Waals surface area contributed by atoms with Crippen molar-refractivity contribution in [3.05, 3.63) is 74.8 Å². The molecule has 10 nitrogen and oxygen atoms in total. The van der Waals surface area contributed by atoms with E-state index < -0.39 is 0 Å². The smallest absolute Gasteiger partial charge is 0.252 e. The number of ether oxygens (including phenoxy) is 3. The Bertz CT molecular complexity index is 1540. The fourth-order valence-corrected chi connectivity index (χ4v) is 5.68. The van der Waals surface area contributed by atoms with Crippen molar-refractivity contribution in [1.82, 2.24) is 30.1 Å². The number of H-pyrrole nitrogens is 1. The van der Waals surface area contributed by atoms with Gasteiger partial charge in [0, 0.05) is 30.8 Å². The first-order valence-electron chi connectivity index (χ1n) is 14.4. The first-order valence-corrected chi connectivity index (χ1v) is 14.4. The van der Waals surface area contributed by atoms with Crippen molar-refractivity contribution < 1.29 is 14.2 Å². The second kappa shape index (κ2) is 12.8. The highest BCUT2D eigenvalue weighted by molar-refractivity contribution is 5.80. The zero-order chi connectivity index (χ0) is 28.9. The highest BCUT2D eigenvalue weighted by Gasteiger charge is 2.28. The molecule has 5 rings (SSSR count). The van der Waals surface area contributed by atoms with Crippen molar-refractivity contribution in [3.63, 3.8) is 0 Å². The number of rotatable bonds is 12. The molecule has 2 atom stereocenters. The van der Waals surface area contributed by atoms with E-state index in [1.165, 1.54) is 5.56 Å². The number of hydrogen-bond donors (Lipinski definition) is 1. The molecule has 1 N–H and O–H groups in total. The van der Waals surface area contributed by atoms with Gasteiger partial charge >= 0.3 is 0 Å². The molecule has 1 aliphatic heterocycles. The zero-order valence-corrected chi connectivity index (χ0v) is 24.6. The van der Waals surface area contributed by atoms with E-state index in [0.717, 1.165) is 60.1 Å². The average Bonchev–Trinajstić information content (AvgIpc) is 3.66. The minimum atomic E-state index is -0.0959. The first-order chi connectivity index (χ1) is 19.9. The molecule has 4 aromatic rings. The largest absolute Gasteiger partial charge is 0.493 e. The number of tetrazole rings is 1. The van der Waals surface area contributed by atoms with E-state index in [2.05, 4.69) is 58.3 Å². The van der Waals surface area contributed by atoms with Gasteiger partial charge in [0.1, 0.15) is 0 Å². The number of nitrogens with one attached hydrogen (secondary N) is 1. The molecule has 0 aliphatic carbocycles. The third-order valence-electron chi connectivity index (χ3n) is 8.13. The molecule has 2 aromatic carbocycles. The van der Waals surface area contributed by atoms with Crippen LogP contribution in [0.5, 0.6) is 11.5 Å². The summed E-state index contributed by atoms with van der Waals surface area (Å²) in [7, 11) is 3.28. The van der Waals surface area contributed by atoms with Gasteiger partial charge in [0.05, 0.1) is 32.9 Å². The molecule has 0 bridgehead atoms. The van der Waals surface area contributed by atoms with Gasteiger partial charge < -0.3 is 19.2 Å². The lowest BCUT2D eigenvalue weighted by Crippen LogP contribution is -2.34. The van der Waals surface area contributed by atoms with E-state index in [1.807, 2.05) is 28.9 Å². The highest BCUT2D eigenvalue weighted by atomic mass is 16.5. The maximum Gasteiger partial charge on any atom is 0.252 e. The summed E-state index contributed by atoms with van der Waals surface area (Å²) in [6.07, 6.45) is 3.70. The Kier molecular flexibility index (Phi) is 8.99. The summed E-state index contributed by atoms with van der Waals surface area (Å²) in [5.74, 6) is 2.18. The van der Waals surface area contributed by atoms with Crippen LogP contribution in [-0.2, 0) is 24.2 Å². The summed E-state index contributed by atoms with van der Waals surface area (Å²) >= 11 is 0. The normalized spacial score (nSPS) is 16.0. The number of aryl methyl sites for hydroxylation is 2. The van der Waals surface area contributed by atoms with Crippen LogP contribution in [0, 0.1) is 13.8 Å². The molecule has 1 aliphatic rings. The Labute approximate surface area is 240 Å². The molecule has 1 fully saturated rings. The molecule has 10 heteroatoms. The second-order valence-electron chi connectivity index (χ2n) is 10.8. The highest BCUT2D eigenvalue weighted by Crippen LogP contribution is 2.30. The van der Waals surface area contributed by atoms with Crippen LogP contribution in [0.3, 0.4) is 0 Å². The minimum Gasteiger partial charge on any atom is -0.493 e. The van der Waals surface area contributed by atoms with Gasteiger partial charge in [-0.3, -0.25) is 9.69 Å². The van der Waals surface area contributed by atoms with Crippen LogP contribution in [0.4, 0.5) is 0 Å². The summed E-state index contributed by atoms with van der Waals surface area (Å²) in [6, 6.07) is 12.1. The van der Waals surface area contributed by atoms with Crippen LogP contribution in [-0.4, -0.2) is 63.6 Å². The molecule has 0 saturated carbocycles. The third-order valence-corrected chi connectivity index (χ3v) is 8.13. The van der Waals surface area contributed by atoms with Gasteiger partial charge in [0.25, 0.3) is 5.56 Å². The summed E-state index contributed by atoms with van der Waals surface area (Å²) in [4.78, 5) is 18.7.